The Bertz CT molecular complexity index is 131. The van der Waals surface area contributed by atoms with Crippen LogP contribution < -0.4 is 0 Å². The standard InChI is InChI=1S/2H3O3PS.Pb/c2*1-4(2,3)5;/h2*(H3,1,2,3,5);. The molecule has 11 heavy (non-hydrogen) atoms. The normalized spacial score (nSPS) is 10.7. The van der Waals surface area contributed by atoms with E-state index in [1.807, 2.05) is 0 Å². The van der Waals surface area contributed by atoms with Crippen molar-refractivity contribution in [1.82, 2.24) is 0 Å². The molecule has 0 aliphatic rings. The SMILES string of the molecule is OP(O)(O)=S.OP(O)(O)=S.[Pb]. The molecule has 0 spiro atoms. The minimum atomic E-state index is -3.81. The third-order valence-corrected chi connectivity index (χ3v) is 0. The maximum Gasteiger partial charge on any atom is 0.319 e. The fraction of sp³-hybridized carbons (Fsp3) is 0. The van der Waals surface area contributed by atoms with Gasteiger partial charge in [0.05, 0.1) is 0 Å². The molecule has 0 saturated carbocycles. The molecule has 6 N–H and O–H groups in total. The average Bonchev–Trinajstić information content (AvgIpc) is 1.12. The summed E-state index contributed by atoms with van der Waals surface area (Å²) < 4.78 is 0. The summed E-state index contributed by atoms with van der Waals surface area (Å²) in [7, 11) is 0. The van der Waals surface area contributed by atoms with E-state index in [2.05, 4.69) is 23.6 Å². The maximum atomic E-state index is 7.56. The van der Waals surface area contributed by atoms with Gasteiger partial charge in [-0.3, -0.25) is 0 Å². The van der Waals surface area contributed by atoms with Crippen LogP contribution in [0.1, 0.15) is 0 Å². The molecule has 0 aromatic carbocycles. The Kier molecular flexibility index (Phi) is 12.6. The van der Waals surface area contributed by atoms with Crippen LogP contribution in [0.15, 0.2) is 0 Å². The molecule has 0 bridgehead atoms. The number of rotatable bonds is 0. The Morgan fingerprint density at radius 3 is 0.636 bits per heavy atom. The molecule has 0 aliphatic carbocycles. The van der Waals surface area contributed by atoms with Gasteiger partial charge in [-0.2, -0.15) is 0 Å². The molecule has 0 aromatic rings. The fourth-order valence-corrected chi connectivity index (χ4v) is 0. The molecule has 0 heterocycles. The molecular formula is H6O6P2PbS2. The first kappa shape index (κ1) is 18.7. The van der Waals surface area contributed by atoms with E-state index in [1.165, 1.54) is 0 Å². The third kappa shape index (κ3) is 304. The Labute approximate surface area is 93.2 Å². The van der Waals surface area contributed by atoms with E-state index in [9.17, 15) is 0 Å². The van der Waals surface area contributed by atoms with Gasteiger partial charge in [-0.25, -0.2) is 0 Å². The van der Waals surface area contributed by atoms with Crippen LogP contribution in [0.4, 0.5) is 0 Å². The zero-order valence-electron chi connectivity index (χ0n) is 4.89. The largest absolute Gasteiger partial charge is 0.325 e. The van der Waals surface area contributed by atoms with E-state index in [0.717, 1.165) is 0 Å². The van der Waals surface area contributed by atoms with E-state index in [-0.39, 0.29) is 27.3 Å². The van der Waals surface area contributed by atoms with E-state index in [1.54, 1.807) is 0 Å². The molecule has 0 rings (SSSR count). The van der Waals surface area contributed by atoms with Crippen molar-refractivity contribution in [2.24, 2.45) is 0 Å². The van der Waals surface area contributed by atoms with Crippen LogP contribution in [0.2, 0.25) is 0 Å². The Balaban J connectivity index is -0.000000107. The fourth-order valence-electron chi connectivity index (χ4n) is 0. The average molecular weight is 435 g/mol. The van der Waals surface area contributed by atoms with E-state index in [0.29, 0.717) is 0 Å². The van der Waals surface area contributed by atoms with Crippen molar-refractivity contribution in [3.63, 3.8) is 0 Å². The van der Waals surface area contributed by atoms with Gasteiger partial charge in [0.1, 0.15) is 0 Å². The molecule has 6 nitrogen and oxygen atoms in total. The van der Waals surface area contributed by atoms with Crippen molar-refractivity contribution in [3.05, 3.63) is 0 Å². The molecule has 0 saturated heterocycles. The summed E-state index contributed by atoms with van der Waals surface area (Å²) in [4.78, 5) is 45.3. The van der Waals surface area contributed by atoms with Crippen LogP contribution in [0.3, 0.4) is 0 Å². The summed E-state index contributed by atoms with van der Waals surface area (Å²) in [5, 5.41) is 0. The number of hydrogen-bond acceptors (Lipinski definition) is 2. The summed E-state index contributed by atoms with van der Waals surface area (Å²) in [5.41, 5.74) is 0. The van der Waals surface area contributed by atoms with Crippen molar-refractivity contribution in [2.75, 3.05) is 0 Å². The minimum Gasteiger partial charge on any atom is -0.325 e. The molecule has 0 aliphatic heterocycles. The monoisotopic (exact) mass is 436 g/mol. The molecule has 0 unspecified atom stereocenters. The Morgan fingerprint density at radius 1 is 0.636 bits per heavy atom. The Morgan fingerprint density at radius 2 is 0.636 bits per heavy atom. The second-order valence-corrected chi connectivity index (χ2v) is 6.02. The summed E-state index contributed by atoms with van der Waals surface area (Å²) in [6, 6.07) is 0. The Hall–Kier alpha value is 1.98. The van der Waals surface area contributed by atoms with Crippen LogP contribution in [0.25, 0.3) is 0 Å². The van der Waals surface area contributed by atoms with Gasteiger partial charge in [-0.1, -0.05) is 0 Å². The molecule has 0 atom stereocenters. The van der Waals surface area contributed by atoms with E-state index < -0.39 is 13.4 Å². The molecule has 4 radical (unpaired) electrons. The molecule has 0 fully saturated rings. The molecular weight excluding hydrogens is 429 g/mol. The van der Waals surface area contributed by atoms with Crippen LogP contribution in [0.5, 0.6) is 0 Å². The summed E-state index contributed by atoms with van der Waals surface area (Å²) in [5.74, 6) is 0. The van der Waals surface area contributed by atoms with Gasteiger partial charge < -0.3 is 29.4 Å². The van der Waals surface area contributed by atoms with Crippen LogP contribution in [0, 0.1) is 0 Å². The first-order valence-corrected chi connectivity index (χ1v) is 6.89. The topological polar surface area (TPSA) is 121 Å². The smallest absolute Gasteiger partial charge is 0.319 e. The van der Waals surface area contributed by atoms with Crippen LogP contribution in [-0.4, -0.2) is 56.7 Å². The quantitative estimate of drug-likeness (QED) is 0.191. The predicted octanol–water partition coefficient (Wildman–Crippen LogP) is -2.01. The van der Waals surface area contributed by atoms with Crippen molar-refractivity contribution in [2.45, 2.75) is 0 Å². The van der Waals surface area contributed by atoms with Gasteiger partial charge in [0, 0.05) is 27.3 Å². The van der Waals surface area contributed by atoms with Crippen LogP contribution >= 0.6 is 13.4 Å². The predicted molar refractivity (Wildman–Crippen MR) is 47.6 cm³/mol. The summed E-state index contributed by atoms with van der Waals surface area (Å²) >= 11 is 7.21. The van der Waals surface area contributed by atoms with Gasteiger partial charge in [0.15, 0.2) is 0 Å². The van der Waals surface area contributed by atoms with E-state index >= 15 is 0 Å². The van der Waals surface area contributed by atoms with Gasteiger partial charge in [0.2, 0.25) is 0 Å². The van der Waals surface area contributed by atoms with Crippen molar-refractivity contribution in [1.29, 1.82) is 0 Å². The zero-order valence-corrected chi connectivity index (χ0v) is 12.2. The molecule has 0 aromatic heterocycles. The van der Waals surface area contributed by atoms with Crippen molar-refractivity contribution < 1.29 is 29.4 Å². The van der Waals surface area contributed by atoms with Crippen molar-refractivity contribution >= 4 is 64.3 Å². The number of hydrogen-bond donors (Lipinski definition) is 6. The summed E-state index contributed by atoms with van der Waals surface area (Å²) in [6.07, 6.45) is 0. The zero-order chi connectivity index (χ0) is 9.00. The third-order valence-electron chi connectivity index (χ3n) is 0. The minimum absolute atomic E-state index is 0. The first-order valence-electron chi connectivity index (χ1n) is 1.57. The molecule has 68 valence electrons. The first-order chi connectivity index (χ1) is 4.00. The van der Waals surface area contributed by atoms with Crippen molar-refractivity contribution in [3.8, 4) is 0 Å². The second-order valence-electron chi connectivity index (χ2n) is 1.03. The molecule has 11 heteroatoms. The van der Waals surface area contributed by atoms with Gasteiger partial charge in [0.25, 0.3) is 0 Å². The van der Waals surface area contributed by atoms with Gasteiger partial charge in [-0.05, 0) is 23.6 Å². The molecule has 0 amide bonds. The maximum absolute atomic E-state index is 7.56. The van der Waals surface area contributed by atoms with Gasteiger partial charge in [-0.15, -0.1) is 0 Å². The van der Waals surface area contributed by atoms with Crippen LogP contribution in [-0.2, 0) is 23.6 Å². The van der Waals surface area contributed by atoms with Gasteiger partial charge >= 0.3 is 13.4 Å². The van der Waals surface area contributed by atoms with E-state index in [4.69, 9.17) is 29.4 Å². The second kappa shape index (κ2) is 7.39. The summed E-state index contributed by atoms with van der Waals surface area (Å²) in [6.45, 7) is -7.61.